The van der Waals surface area contributed by atoms with Crippen LogP contribution in [-0.4, -0.2) is 7.11 Å². The molecule has 0 spiro atoms. The summed E-state index contributed by atoms with van der Waals surface area (Å²) in [6, 6.07) is 7.31. The van der Waals surface area contributed by atoms with Gasteiger partial charge in [0, 0.05) is 10.5 Å². The molecule has 0 heterocycles. The molecular formula is C9H11N3O. The maximum atomic E-state index is 8.28. The van der Waals surface area contributed by atoms with Crippen LogP contribution in [0.15, 0.2) is 29.4 Å². The molecule has 4 heteroatoms. The Morgan fingerprint density at radius 1 is 1.46 bits per heavy atom. The molecule has 0 aliphatic carbocycles. The van der Waals surface area contributed by atoms with E-state index < -0.39 is 0 Å². The van der Waals surface area contributed by atoms with Crippen LogP contribution in [0.3, 0.4) is 0 Å². The lowest BCUT2D eigenvalue weighted by Gasteiger charge is -2.09. The zero-order valence-electron chi connectivity index (χ0n) is 7.64. The van der Waals surface area contributed by atoms with E-state index in [1.165, 1.54) is 0 Å². The van der Waals surface area contributed by atoms with E-state index in [2.05, 4.69) is 10.0 Å². The number of nitrogens with zero attached hydrogens (tertiary/aromatic N) is 3. The number of ether oxygens (including phenoxy) is 1. The average Bonchev–Trinajstić information content (AvgIpc) is 2.18. The molecule has 0 aliphatic rings. The van der Waals surface area contributed by atoms with Crippen molar-refractivity contribution in [3.05, 3.63) is 40.3 Å². The highest BCUT2D eigenvalue weighted by Gasteiger charge is 2.07. The fraction of sp³-hybridized carbons (Fsp3) is 0.333. The van der Waals surface area contributed by atoms with Gasteiger partial charge in [-0.25, -0.2) is 0 Å². The smallest absolute Gasteiger partial charge is 0.122 e. The van der Waals surface area contributed by atoms with E-state index in [1.807, 2.05) is 31.2 Å². The largest absolute Gasteiger partial charge is 0.496 e. The number of azide groups is 1. The lowest BCUT2D eigenvalue weighted by Crippen LogP contribution is -1.93. The summed E-state index contributed by atoms with van der Waals surface area (Å²) in [5.74, 6) is 0.752. The third-order valence-electron chi connectivity index (χ3n) is 1.81. The van der Waals surface area contributed by atoms with Gasteiger partial charge in [-0.05, 0) is 11.6 Å². The van der Waals surface area contributed by atoms with E-state index >= 15 is 0 Å². The van der Waals surface area contributed by atoms with Crippen LogP contribution >= 0.6 is 0 Å². The first kappa shape index (κ1) is 9.42. The highest BCUT2D eigenvalue weighted by Crippen LogP contribution is 2.26. The molecule has 1 rings (SSSR count). The molecule has 13 heavy (non-hydrogen) atoms. The molecule has 0 bridgehead atoms. The van der Waals surface area contributed by atoms with Gasteiger partial charge in [0.2, 0.25) is 0 Å². The standard InChI is InChI=1S/C9H11N3O/c1-7(11-12-10)8-5-3-4-6-9(8)13-2/h3-7H,1-2H3. The second-order valence-corrected chi connectivity index (χ2v) is 2.62. The second-order valence-electron chi connectivity index (χ2n) is 2.62. The first-order valence-electron chi connectivity index (χ1n) is 3.96. The zero-order chi connectivity index (χ0) is 9.68. The molecule has 4 nitrogen and oxygen atoms in total. The quantitative estimate of drug-likeness (QED) is 0.397. The monoisotopic (exact) mass is 177 g/mol. The Morgan fingerprint density at radius 3 is 2.77 bits per heavy atom. The number of rotatable bonds is 3. The average molecular weight is 177 g/mol. The van der Waals surface area contributed by atoms with Crippen molar-refractivity contribution in [1.82, 2.24) is 0 Å². The van der Waals surface area contributed by atoms with Gasteiger partial charge in [-0.1, -0.05) is 30.2 Å². The highest BCUT2D eigenvalue weighted by molar-refractivity contribution is 5.35. The first-order chi connectivity index (χ1) is 6.29. The van der Waals surface area contributed by atoms with Crippen molar-refractivity contribution in [2.45, 2.75) is 13.0 Å². The zero-order valence-corrected chi connectivity index (χ0v) is 7.64. The van der Waals surface area contributed by atoms with E-state index in [0.29, 0.717) is 0 Å². The van der Waals surface area contributed by atoms with Crippen LogP contribution in [0, 0.1) is 0 Å². The third kappa shape index (κ3) is 2.13. The van der Waals surface area contributed by atoms with Crippen LogP contribution in [0.4, 0.5) is 0 Å². The molecule has 68 valence electrons. The molecule has 1 unspecified atom stereocenters. The van der Waals surface area contributed by atoms with Crippen molar-refractivity contribution in [3.63, 3.8) is 0 Å². The lowest BCUT2D eigenvalue weighted by atomic mass is 10.1. The summed E-state index contributed by atoms with van der Waals surface area (Å²) >= 11 is 0. The van der Waals surface area contributed by atoms with Crippen LogP contribution in [0.1, 0.15) is 18.5 Å². The maximum absolute atomic E-state index is 8.28. The minimum absolute atomic E-state index is 0.193. The van der Waals surface area contributed by atoms with Crippen molar-refractivity contribution in [2.75, 3.05) is 7.11 Å². The Balaban J connectivity index is 3.04. The molecule has 0 fully saturated rings. The number of para-hydroxylation sites is 1. The van der Waals surface area contributed by atoms with E-state index in [-0.39, 0.29) is 6.04 Å². The van der Waals surface area contributed by atoms with Crippen LogP contribution in [0.2, 0.25) is 0 Å². The summed E-state index contributed by atoms with van der Waals surface area (Å²) < 4.78 is 5.13. The normalized spacial score (nSPS) is 11.5. The van der Waals surface area contributed by atoms with Crippen molar-refractivity contribution in [3.8, 4) is 5.75 Å². The van der Waals surface area contributed by atoms with Crippen LogP contribution in [0.5, 0.6) is 5.75 Å². The van der Waals surface area contributed by atoms with Gasteiger partial charge in [-0.3, -0.25) is 0 Å². The molecule has 1 atom stereocenters. The van der Waals surface area contributed by atoms with E-state index in [1.54, 1.807) is 7.11 Å². The van der Waals surface area contributed by atoms with Gasteiger partial charge in [0.15, 0.2) is 0 Å². The topological polar surface area (TPSA) is 58.0 Å². The minimum Gasteiger partial charge on any atom is -0.496 e. The Labute approximate surface area is 76.8 Å². The van der Waals surface area contributed by atoms with Crippen molar-refractivity contribution in [2.24, 2.45) is 5.11 Å². The van der Waals surface area contributed by atoms with Crippen LogP contribution in [-0.2, 0) is 0 Å². The molecule has 1 aromatic rings. The van der Waals surface area contributed by atoms with Gasteiger partial charge in [-0.15, -0.1) is 0 Å². The molecule has 0 saturated carbocycles. The van der Waals surface area contributed by atoms with Gasteiger partial charge in [0.1, 0.15) is 5.75 Å². The van der Waals surface area contributed by atoms with Gasteiger partial charge >= 0.3 is 0 Å². The van der Waals surface area contributed by atoms with Crippen LogP contribution in [0.25, 0.3) is 10.4 Å². The van der Waals surface area contributed by atoms with Gasteiger partial charge in [0.25, 0.3) is 0 Å². The lowest BCUT2D eigenvalue weighted by molar-refractivity contribution is 0.407. The minimum atomic E-state index is -0.193. The summed E-state index contributed by atoms with van der Waals surface area (Å²) in [7, 11) is 1.60. The number of hydrogen-bond acceptors (Lipinski definition) is 2. The first-order valence-corrected chi connectivity index (χ1v) is 3.96. The fourth-order valence-electron chi connectivity index (χ4n) is 1.15. The summed E-state index contributed by atoms with van der Waals surface area (Å²) in [5.41, 5.74) is 9.18. The molecule has 1 aromatic carbocycles. The molecule has 0 radical (unpaired) electrons. The van der Waals surface area contributed by atoms with Gasteiger partial charge in [-0.2, -0.15) is 0 Å². The number of benzene rings is 1. The molecule has 0 aromatic heterocycles. The highest BCUT2D eigenvalue weighted by atomic mass is 16.5. The Bertz CT molecular complexity index is 331. The molecule has 0 N–H and O–H groups in total. The molecule has 0 aliphatic heterocycles. The van der Waals surface area contributed by atoms with E-state index in [9.17, 15) is 0 Å². The predicted octanol–water partition coefficient (Wildman–Crippen LogP) is 3.07. The summed E-state index contributed by atoms with van der Waals surface area (Å²) in [6.45, 7) is 1.83. The third-order valence-corrected chi connectivity index (χ3v) is 1.81. The van der Waals surface area contributed by atoms with Gasteiger partial charge in [0.05, 0.1) is 13.2 Å². The van der Waals surface area contributed by atoms with Crippen molar-refractivity contribution in [1.29, 1.82) is 0 Å². The summed E-state index contributed by atoms with van der Waals surface area (Å²) in [5, 5.41) is 3.60. The van der Waals surface area contributed by atoms with Crippen LogP contribution < -0.4 is 4.74 Å². The number of methoxy groups -OCH3 is 1. The van der Waals surface area contributed by atoms with Gasteiger partial charge < -0.3 is 4.74 Å². The van der Waals surface area contributed by atoms with Crippen molar-refractivity contribution >= 4 is 0 Å². The summed E-state index contributed by atoms with van der Waals surface area (Å²) in [4.78, 5) is 2.76. The Hall–Kier alpha value is -1.67. The second kappa shape index (κ2) is 4.38. The van der Waals surface area contributed by atoms with Crippen molar-refractivity contribution < 1.29 is 4.74 Å². The fourth-order valence-corrected chi connectivity index (χ4v) is 1.15. The van der Waals surface area contributed by atoms with E-state index in [0.717, 1.165) is 11.3 Å². The summed E-state index contributed by atoms with van der Waals surface area (Å²) in [6.07, 6.45) is 0. The number of hydrogen-bond donors (Lipinski definition) is 0. The predicted molar refractivity (Wildman–Crippen MR) is 50.6 cm³/mol. The van der Waals surface area contributed by atoms with E-state index in [4.69, 9.17) is 10.3 Å². The molecular weight excluding hydrogens is 166 g/mol. The maximum Gasteiger partial charge on any atom is 0.122 e. The Morgan fingerprint density at radius 2 is 2.15 bits per heavy atom. The molecule has 0 saturated heterocycles. The Kier molecular flexibility index (Phi) is 3.17. The SMILES string of the molecule is COc1ccccc1C(C)N=[N+]=[N-]. The molecule has 0 amide bonds.